The van der Waals surface area contributed by atoms with Crippen LogP contribution in [0.5, 0.6) is 0 Å². The van der Waals surface area contributed by atoms with Crippen molar-refractivity contribution in [1.29, 1.82) is 0 Å². The Morgan fingerprint density at radius 2 is 1.68 bits per heavy atom. The minimum Gasteiger partial charge on any atom is -0.339 e. The zero-order valence-corrected chi connectivity index (χ0v) is 19.7. The zero-order chi connectivity index (χ0) is 24.5. The summed E-state index contributed by atoms with van der Waals surface area (Å²) in [6.07, 6.45) is -2.47. The van der Waals surface area contributed by atoms with Gasteiger partial charge in [0.25, 0.3) is 11.8 Å². The molecule has 0 radical (unpaired) electrons. The Kier molecular flexibility index (Phi) is 6.74. The molecule has 1 saturated heterocycles. The number of likely N-dealkylation sites (tertiary alicyclic amines) is 1. The van der Waals surface area contributed by atoms with Crippen molar-refractivity contribution in [2.75, 3.05) is 13.1 Å². The highest BCUT2D eigenvalue weighted by molar-refractivity contribution is 7.09. The largest absolute Gasteiger partial charge is 0.416 e. The standard InChI is InChI=1S/C25H24F3N3O2S/c1-16-17(2)34-24(29-22(32)20-6-5-7-21(14-20)25(26,27)28)31(16)15-18-8-10-19(11-9-18)23(33)30-12-3-4-13-30/h5-11,14H,3-4,12-13,15H2,1-2H3. The van der Waals surface area contributed by atoms with Crippen LogP contribution in [-0.4, -0.2) is 34.4 Å². The Bertz CT molecular complexity index is 1280. The lowest BCUT2D eigenvalue weighted by Gasteiger charge is -2.15. The first-order chi connectivity index (χ1) is 16.1. The van der Waals surface area contributed by atoms with E-state index in [-0.39, 0.29) is 11.5 Å². The van der Waals surface area contributed by atoms with Crippen LogP contribution < -0.4 is 4.80 Å². The summed E-state index contributed by atoms with van der Waals surface area (Å²) in [5.41, 5.74) is 1.47. The van der Waals surface area contributed by atoms with Gasteiger partial charge in [0.15, 0.2) is 4.80 Å². The van der Waals surface area contributed by atoms with E-state index >= 15 is 0 Å². The fraction of sp³-hybridized carbons (Fsp3) is 0.320. The van der Waals surface area contributed by atoms with E-state index in [1.807, 2.05) is 35.4 Å². The number of hydrogen-bond donors (Lipinski definition) is 0. The lowest BCUT2D eigenvalue weighted by molar-refractivity contribution is -0.137. The van der Waals surface area contributed by atoms with Gasteiger partial charge in [-0.25, -0.2) is 0 Å². The SMILES string of the molecule is Cc1sc(=NC(=O)c2cccc(C(F)(F)F)c2)n(Cc2ccc(C(=O)N3CCCC3)cc2)c1C. The topological polar surface area (TPSA) is 54.7 Å². The number of alkyl halides is 3. The molecule has 0 unspecified atom stereocenters. The molecule has 1 aliphatic heterocycles. The highest BCUT2D eigenvalue weighted by Gasteiger charge is 2.31. The normalized spacial score (nSPS) is 14.6. The fourth-order valence-corrected chi connectivity index (χ4v) is 4.86. The molecule has 0 bridgehead atoms. The minimum atomic E-state index is -4.53. The molecule has 0 N–H and O–H groups in total. The van der Waals surface area contributed by atoms with Crippen LogP contribution in [0.25, 0.3) is 0 Å². The lowest BCUT2D eigenvalue weighted by atomic mass is 10.1. The highest BCUT2D eigenvalue weighted by Crippen LogP contribution is 2.29. The molecule has 1 aromatic heterocycles. The van der Waals surface area contributed by atoms with Crippen LogP contribution >= 0.6 is 11.3 Å². The third-order valence-electron chi connectivity index (χ3n) is 5.96. The second-order valence-electron chi connectivity index (χ2n) is 8.30. The van der Waals surface area contributed by atoms with Crippen molar-refractivity contribution < 1.29 is 22.8 Å². The number of thiazole rings is 1. The second kappa shape index (κ2) is 9.58. The molecule has 3 aromatic rings. The summed E-state index contributed by atoms with van der Waals surface area (Å²) in [5.74, 6) is -0.700. The number of benzene rings is 2. The summed E-state index contributed by atoms with van der Waals surface area (Å²) < 4.78 is 40.9. The summed E-state index contributed by atoms with van der Waals surface area (Å²) in [6, 6.07) is 11.6. The second-order valence-corrected chi connectivity index (χ2v) is 9.49. The van der Waals surface area contributed by atoms with Crippen LogP contribution in [0.15, 0.2) is 53.5 Å². The molecular formula is C25H24F3N3O2S. The summed E-state index contributed by atoms with van der Waals surface area (Å²) in [6.45, 7) is 5.80. The van der Waals surface area contributed by atoms with E-state index in [9.17, 15) is 22.8 Å². The number of rotatable bonds is 4. The van der Waals surface area contributed by atoms with Gasteiger partial charge in [0.2, 0.25) is 0 Å². The molecule has 34 heavy (non-hydrogen) atoms. The number of hydrogen-bond acceptors (Lipinski definition) is 3. The fourth-order valence-electron chi connectivity index (χ4n) is 3.89. The molecule has 9 heteroatoms. The number of carbonyl (C=O) groups is 2. The van der Waals surface area contributed by atoms with E-state index in [4.69, 9.17) is 0 Å². The van der Waals surface area contributed by atoms with Crippen molar-refractivity contribution in [1.82, 2.24) is 9.47 Å². The average Bonchev–Trinajstić information content (AvgIpc) is 3.44. The van der Waals surface area contributed by atoms with Crippen LogP contribution in [0.3, 0.4) is 0 Å². The van der Waals surface area contributed by atoms with E-state index in [0.717, 1.165) is 54.2 Å². The lowest BCUT2D eigenvalue weighted by Crippen LogP contribution is -2.27. The molecule has 0 spiro atoms. The van der Waals surface area contributed by atoms with Gasteiger partial charge in [0.1, 0.15) is 0 Å². The van der Waals surface area contributed by atoms with Crippen LogP contribution in [-0.2, 0) is 12.7 Å². The van der Waals surface area contributed by atoms with E-state index in [1.165, 1.54) is 23.5 Å². The van der Waals surface area contributed by atoms with E-state index in [1.54, 1.807) is 12.1 Å². The molecule has 0 aliphatic carbocycles. The summed E-state index contributed by atoms with van der Waals surface area (Å²) in [4.78, 5) is 32.6. The first kappa shape index (κ1) is 23.9. The maximum atomic E-state index is 13.0. The van der Waals surface area contributed by atoms with Crippen molar-refractivity contribution >= 4 is 23.2 Å². The molecule has 2 heterocycles. The van der Waals surface area contributed by atoms with Gasteiger partial charge in [-0.3, -0.25) is 9.59 Å². The van der Waals surface area contributed by atoms with Crippen molar-refractivity contribution in [3.63, 3.8) is 0 Å². The molecule has 4 rings (SSSR count). The monoisotopic (exact) mass is 487 g/mol. The van der Waals surface area contributed by atoms with Gasteiger partial charge in [0.05, 0.1) is 12.1 Å². The van der Waals surface area contributed by atoms with E-state index in [2.05, 4.69) is 4.99 Å². The molecule has 0 saturated carbocycles. The van der Waals surface area contributed by atoms with Crippen molar-refractivity contribution in [2.45, 2.75) is 39.4 Å². The summed E-state index contributed by atoms with van der Waals surface area (Å²) >= 11 is 1.31. The van der Waals surface area contributed by atoms with Crippen molar-refractivity contribution in [2.24, 2.45) is 4.99 Å². The molecule has 2 aromatic carbocycles. The van der Waals surface area contributed by atoms with Gasteiger partial charge in [-0.05, 0) is 62.6 Å². The van der Waals surface area contributed by atoms with E-state index < -0.39 is 17.6 Å². The molecule has 178 valence electrons. The molecule has 1 aliphatic rings. The third kappa shape index (κ3) is 5.14. The van der Waals surface area contributed by atoms with Gasteiger partial charge < -0.3 is 9.47 Å². The number of aromatic nitrogens is 1. The maximum Gasteiger partial charge on any atom is 0.416 e. The Morgan fingerprint density at radius 1 is 1.00 bits per heavy atom. The van der Waals surface area contributed by atoms with Gasteiger partial charge in [-0.1, -0.05) is 18.2 Å². The maximum absolute atomic E-state index is 13.0. The molecular weight excluding hydrogens is 463 g/mol. The van der Waals surface area contributed by atoms with Gasteiger partial charge in [-0.15, -0.1) is 11.3 Å². The van der Waals surface area contributed by atoms with Crippen LogP contribution in [0.4, 0.5) is 13.2 Å². The predicted octanol–water partition coefficient (Wildman–Crippen LogP) is 5.21. The molecule has 0 atom stereocenters. The van der Waals surface area contributed by atoms with Gasteiger partial charge in [-0.2, -0.15) is 18.2 Å². The van der Waals surface area contributed by atoms with E-state index in [0.29, 0.717) is 16.9 Å². The Balaban J connectivity index is 1.59. The Hall–Kier alpha value is -3.20. The van der Waals surface area contributed by atoms with Crippen molar-refractivity contribution in [3.8, 4) is 0 Å². The predicted molar refractivity (Wildman–Crippen MR) is 124 cm³/mol. The minimum absolute atomic E-state index is 0.0293. The molecule has 2 amide bonds. The van der Waals surface area contributed by atoms with Crippen LogP contribution in [0.2, 0.25) is 0 Å². The Morgan fingerprint density at radius 3 is 2.32 bits per heavy atom. The number of nitrogens with zero attached hydrogens (tertiary/aromatic N) is 3. The molecule has 5 nitrogen and oxygen atoms in total. The van der Waals surface area contributed by atoms with Crippen molar-refractivity contribution in [3.05, 3.63) is 86.2 Å². The summed E-state index contributed by atoms with van der Waals surface area (Å²) in [5, 5.41) is 0. The number of halogens is 3. The van der Waals surface area contributed by atoms with Crippen LogP contribution in [0, 0.1) is 13.8 Å². The quantitative estimate of drug-likeness (QED) is 0.507. The smallest absolute Gasteiger partial charge is 0.339 e. The third-order valence-corrected chi connectivity index (χ3v) is 7.05. The first-order valence-corrected chi connectivity index (χ1v) is 11.8. The average molecular weight is 488 g/mol. The van der Waals surface area contributed by atoms with Crippen LogP contribution in [0.1, 0.15) is 55.3 Å². The highest BCUT2D eigenvalue weighted by atomic mass is 32.1. The summed E-state index contributed by atoms with van der Waals surface area (Å²) in [7, 11) is 0. The van der Waals surface area contributed by atoms with Gasteiger partial charge >= 0.3 is 6.18 Å². The number of amides is 2. The Labute approximate surface area is 199 Å². The molecule has 1 fully saturated rings. The number of carbonyl (C=O) groups excluding carboxylic acids is 2. The first-order valence-electron chi connectivity index (χ1n) is 10.9. The zero-order valence-electron chi connectivity index (χ0n) is 18.9. The van der Waals surface area contributed by atoms with Gasteiger partial charge in [0, 0.05) is 34.8 Å². The number of aryl methyl sites for hydroxylation is 1.